The molecule has 0 aliphatic carbocycles. The van der Waals surface area contributed by atoms with Crippen molar-refractivity contribution in [3.05, 3.63) is 12.2 Å². The minimum absolute atomic E-state index is 0.0930. The van der Waals surface area contributed by atoms with Gasteiger partial charge in [-0.3, -0.25) is 9.69 Å². The van der Waals surface area contributed by atoms with E-state index in [9.17, 15) is 4.79 Å². The summed E-state index contributed by atoms with van der Waals surface area (Å²) in [5.74, 6) is 0.0930. The second-order valence-electron chi connectivity index (χ2n) is 5.44. The summed E-state index contributed by atoms with van der Waals surface area (Å²) in [7, 11) is 0. The van der Waals surface area contributed by atoms with Gasteiger partial charge in [-0.05, 0) is 32.9 Å². The quantitative estimate of drug-likeness (QED) is 0.294. The third-order valence-corrected chi connectivity index (χ3v) is 3.62. The molecule has 0 saturated heterocycles. The third-order valence-electron chi connectivity index (χ3n) is 3.62. The molecule has 0 fully saturated rings. The Labute approximate surface area is 130 Å². The standard InChI is InChI=1S/C17H34N2O2/c1-3-5-13-17(21)18-16-19(4-2)14-11-9-7-6-8-10-12-15-20/h3,5,20H,4,6-16H2,1-2H3,(H,18,21)/b5-3+. The van der Waals surface area contributed by atoms with E-state index in [-0.39, 0.29) is 5.91 Å². The molecule has 0 spiro atoms. The largest absolute Gasteiger partial charge is 0.396 e. The van der Waals surface area contributed by atoms with Crippen LogP contribution in [-0.2, 0) is 4.79 Å². The maximum Gasteiger partial charge on any atom is 0.224 e. The Morgan fingerprint density at radius 1 is 1.10 bits per heavy atom. The minimum atomic E-state index is 0.0930. The van der Waals surface area contributed by atoms with Crippen molar-refractivity contribution < 1.29 is 9.90 Å². The number of carbonyl (C=O) groups excluding carboxylic acids is 1. The smallest absolute Gasteiger partial charge is 0.224 e. The average molecular weight is 298 g/mol. The lowest BCUT2D eigenvalue weighted by Crippen LogP contribution is -2.37. The summed E-state index contributed by atoms with van der Waals surface area (Å²) in [6.45, 7) is 7.06. The highest BCUT2D eigenvalue weighted by atomic mass is 16.2. The van der Waals surface area contributed by atoms with Crippen molar-refractivity contribution in [2.45, 2.75) is 65.2 Å². The first-order valence-corrected chi connectivity index (χ1v) is 8.45. The van der Waals surface area contributed by atoms with Crippen molar-refractivity contribution in [3.63, 3.8) is 0 Å². The molecule has 4 heteroatoms. The van der Waals surface area contributed by atoms with Crippen LogP contribution in [0.1, 0.15) is 65.2 Å². The number of carbonyl (C=O) groups is 1. The molecule has 0 bridgehead atoms. The Kier molecular flexibility index (Phi) is 14.9. The number of rotatable bonds is 14. The molecule has 21 heavy (non-hydrogen) atoms. The van der Waals surface area contributed by atoms with Gasteiger partial charge in [0, 0.05) is 13.0 Å². The van der Waals surface area contributed by atoms with Crippen LogP contribution < -0.4 is 5.32 Å². The van der Waals surface area contributed by atoms with Gasteiger partial charge >= 0.3 is 0 Å². The Morgan fingerprint density at radius 2 is 1.71 bits per heavy atom. The number of nitrogens with zero attached hydrogens (tertiary/aromatic N) is 1. The second-order valence-corrected chi connectivity index (χ2v) is 5.44. The molecule has 2 N–H and O–H groups in total. The highest BCUT2D eigenvalue weighted by Crippen LogP contribution is 2.07. The second kappa shape index (κ2) is 15.5. The van der Waals surface area contributed by atoms with E-state index in [0.717, 1.165) is 25.9 Å². The summed E-state index contributed by atoms with van der Waals surface area (Å²) < 4.78 is 0. The molecule has 0 aromatic carbocycles. The van der Waals surface area contributed by atoms with Gasteiger partial charge in [0.2, 0.25) is 5.91 Å². The van der Waals surface area contributed by atoms with Crippen LogP contribution in [0.4, 0.5) is 0 Å². The van der Waals surface area contributed by atoms with Crippen LogP contribution in [0.5, 0.6) is 0 Å². The summed E-state index contributed by atoms with van der Waals surface area (Å²) >= 11 is 0. The fraction of sp³-hybridized carbons (Fsp3) is 0.824. The average Bonchev–Trinajstić information content (AvgIpc) is 2.50. The van der Waals surface area contributed by atoms with Crippen molar-refractivity contribution >= 4 is 5.91 Å². The number of nitrogens with one attached hydrogen (secondary N) is 1. The molecule has 4 nitrogen and oxygen atoms in total. The Bertz CT molecular complexity index is 268. The highest BCUT2D eigenvalue weighted by Gasteiger charge is 2.04. The van der Waals surface area contributed by atoms with Crippen LogP contribution in [-0.4, -0.2) is 42.3 Å². The number of unbranched alkanes of at least 4 members (excludes halogenated alkanes) is 6. The number of allylic oxidation sites excluding steroid dienone is 1. The lowest BCUT2D eigenvalue weighted by Gasteiger charge is -2.20. The van der Waals surface area contributed by atoms with E-state index >= 15 is 0 Å². The van der Waals surface area contributed by atoms with E-state index in [1.54, 1.807) is 0 Å². The number of hydrogen-bond donors (Lipinski definition) is 2. The number of aliphatic hydroxyl groups is 1. The fourth-order valence-corrected chi connectivity index (χ4v) is 2.18. The van der Waals surface area contributed by atoms with Gasteiger partial charge in [-0.2, -0.15) is 0 Å². The molecular weight excluding hydrogens is 264 g/mol. The zero-order valence-electron chi connectivity index (χ0n) is 13.9. The van der Waals surface area contributed by atoms with Gasteiger partial charge in [-0.25, -0.2) is 0 Å². The third kappa shape index (κ3) is 13.9. The number of hydrogen-bond acceptors (Lipinski definition) is 3. The first kappa shape index (κ1) is 20.1. The van der Waals surface area contributed by atoms with Gasteiger partial charge in [0.25, 0.3) is 0 Å². The van der Waals surface area contributed by atoms with Gasteiger partial charge < -0.3 is 10.4 Å². The van der Waals surface area contributed by atoms with E-state index in [1.165, 1.54) is 32.1 Å². The molecule has 0 saturated carbocycles. The predicted octanol–water partition coefficient (Wildman–Crippen LogP) is 3.07. The lowest BCUT2D eigenvalue weighted by molar-refractivity contribution is -0.120. The summed E-state index contributed by atoms with van der Waals surface area (Å²) in [6, 6.07) is 0. The zero-order valence-corrected chi connectivity index (χ0v) is 13.9. The van der Waals surface area contributed by atoms with Gasteiger partial charge in [0.1, 0.15) is 0 Å². The van der Waals surface area contributed by atoms with E-state index in [2.05, 4.69) is 17.1 Å². The van der Waals surface area contributed by atoms with Gasteiger partial charge in [-0.1, -0.05) is 51.2 Å². The first-order chi connectivity index (χ1) is 10.2. The summed E-state index contributed by atoms with van der Waals surface area (Å²) in [5.41, 5.74) is 0. The van der Waals surface area contributed by atoms with Gasteiger partial charge in [-0.15, -0.1) is 0 Å². The van der Waals surface area contributed by atoms with Crippen LogP contribution in [0, 0.1) is 0 Å². The maximum absolute atomic E-state index is 11.5. The number of aliphatic hydroxyl groups excluding tert-OH is 1. The molecule has 0 aromatic rings. The van der Waals surface area contributed by atoms with Crippen LogP contribution in [0.3, 0.4) is 0 Å². The SMILES string of the molecule is C/C=C/CC(=O)NCN(CC)CCCCCCCCCO. The van der Waals surface area contributed by atoms with Crippen molar-refractivity contribution in [2.75, 3.05) is 26.4 Å². The molecule has 0 atom stereocenters. The molecule has 124 valence electrons. The minimum Gasteiger partial charge on any atom is -0.396 e. The monoisotopic (exact) mass is 298 g/mol. The van der Waals surface area contributed by atoms with E-state index in [1.807, 2.05) is 19.1 Å². The zero-order chi connectivity index (χ0) is 15.8. The first-order valence-electron chi connectivity index (χ1n) is 8.45. The van der Waals surface area contributed by atoms with Crippen LogP contribution in [0.25, 0.3) is 0 Å². The summed E-state index contributed by atoms with van der Waals surface area (Å²) in [5, 5.41) is 11.6. The van der Waals surface area contributed by atoms with Gasteiger partial charge in [0.05, 0.1) is 6.67 Å². The Balaban J connectivity index is 3.50. The Hall–Kier alpha value is -0.870. The normalized spacial score (nSPS) is 11.4. The van der Waals surface area contributed by atoms with Crippen LogP contribution >= 0.6 is 0 Å². The van der Waals surface area contributed by atoms with Crippen molar-refractivity contribution in [2.24, 2.45) is 0 Å². The molecule has 0 heterocycles. The highest BCUT2D eigenvalue weighted by molar-refractivity contribution is 5.77. The topological polar surface area (TPSA) is 52.6 Å². The van der Waals surface area contributed by atoms with E-state index < -0.39 is 0 Å². The van der Waals surface area contributed by atoms with Gasteiger partial charge in [0.15, 0.2) is 0 Å². The molecule has 0 aromatic heterocycles. The molecular formula is C17H34N2O2. The molecule has 0 unspecified atom stereocenters. The molecule has 0 radical (unpaired) electrons. The summed E-state index contributed by atoms with van der Waals surface area (Å²) in [6.07, 6.45) is 12.6. The molecule has 1 amide bonds. The van der Waals surface area contributed by atoms with Crippen molar-refractivity contribution in [1.82, 2.24) is 10.2 Å². The maximum atomic E-state index is 11.5. The van der Waals surface area contributed by atoms with Crippen LogP contribution in [0.2, 0.25) is 0 Å². The molecule has 0 rings (SSSR count). The molecule has 0 aliphatic rings. The lowest BCUT2D eigenvalue weighted by atomic mass is 10.1. The van der Waals surface area contributed by atoms with Crippen molar-refractivity contribution in [1.29, 1.82) is 0 Å². The predicted molar refractivity (Wildman–Crippen MR) is 89.1 cm³/mol. The van der Waals surface area contributed by atoms with Crippen LogP contribution in [0.15, 0.2) is 12.2 Å². The Morgan fingerprint density at radius 3 is 2.29 bits per heavy atom. The number of amides is 1. The summed E-state index contributed by atoms with van der Waals surface area (Å²) in [4.78, 5) is 13.8. The van der Waals surface area contributed by atoms with E-state index in [4.69, 9.17) is 5.11 Å². The molecule has 0 aliphatic heterocycles. The fourth-order valence-electron chi connectivity index (χ4n) is 2.18. The van der Waals surface area contributed by atoms with E-state index in [0.29, 0.717) is 19.7 Å². The van der Waals surface area contributed by atoms with Crippen molar-refractivity contribution in [3.8, 4) is 0 Å².